The van der Waals surface area contributed by atoms with Gasteiger partial charge in [0.2, 0.25) is 5.13 Å². The van der Waals surface area contributed by atoms with Gasteiger partial charge in [-0.2, -0.15) is 0 Å². The number of aromatic nitrogens is 2. The molecule has 0 atom stereocenters. The van der Waals surface area contributed by atoms with E-state index in [9.17, 15) is 4.79 Å². The number of fused-ring (bicyclic) bond motifs is 1. The Balaban J connectivity index is 1.79. The van der Waals surface area contributed by atoms with Crippen LogP contribution in [0.4, 0.5) is 5.13 Å². The van der Waals surface area contributed by atoms with Gasteiger partial charge in [-0.15, -0.1) is 10.2 Å². The van der Waals surface area contributed by atoms with Crippen LogP contribution in [0, 0.1) is 12.8 Å². The van der Waals surface area contributed by atoms with Crippen molar-refractivity contribution in [3.63, 3.8) is 0 Å². The van der Waals surface area contributed by atoms with Crippen molar-refractivity contribution in [2.24, 2.45) is 5.92 Å². The van der Waals surface area contributed by atoms with Crippen LogP contribution < -0.4 is 10.9 Å². The first-order chi connectivity index (χ1) is 11.9. The summed E-state index contributed by atoms with van der Waals surface area (Å²) < 4.78 is 6.14. The highest BCUT2D eigenvalue weighted by Crippen LogP contribution is 2.32. The minimum atomic E-state index is -0.360. The van der Waals surface area contributed by atoms with Gasteiger partial charge in [0.15, 0.2) is 4.34 Å². The highest BCUT2D eigenvalue weighted by Gasteiger charge is 2.11. The fourth-order valence-electron chi connectivity index (χ4n) is 2.24. The van der Waals surface area contributed by atoms with E-state index >= 15 is 0 Å². The van der Waals surface area contributed by atoms with Gasteiger partial charge in [0, 0.05) is 28.8 Å². The van der Waals surface area contributed by atoms with Crippen molar-refractivity contribution < 1.29 is 4.42 Å². The Hall–Kier alpha value is -1.57. The molecule has 25 heavy (non-hydrogen) atoms. The number of rotatable bonds is 6. The van der Waals surface area contributed by atoms with Crippen molar-refractivity contribution in [3.8, 4) is 0 Å². The molecular weight excluding hydrogens is 378 g/mol. The molecule has 0 saturated heterocycles. The standard InChI is InChI=1S/C17H18ClN3O2S2/c1-9(2)7-19-16-20-21-17(25-16)24-8-11-5-15(22)23-14-4-10(3)13(18)6-12(11)14/h4-6,9H,7-8H2,1-3H3,(H,19,20). The Morgan fingerprint density at radius 1 is 1.32 bits per heavy atom. The lowest BCUT2D eigenvalue weighted by molar-refractivity contribution is 0.559. The van der Waals surface area contributed by atoms with Gasteiger partial charge >= 0.3 is 5.63 Å². The molecule has 5 nitrogen and oxygen atoms in total. The molecule has 3 aromatic rings. The number of halogens is 1. The summed E-state index contributed by atoms with van der Waals surface area (Å²) in [7, 11) is 0. The van der Waals surface area contributed by atoms with Gasteiger partial charge in [-0.3, -0.25) is 0 Å². The zero-order valence-corrected chi connectivity index (χ0v) is 16.5. The fourth-order valence-corrected chi connectivity index (χ4v) is 4.15. The second-order valence-corrected chi connectivity index (χ2v) is 8.73. The number of aryl methyl sites for hydroxylation is 1. The predicted molar refractivity (Wildman–Crippen MR) is 105 cm³/mol. The zero-order chi connectivity index (χ0) is 18.0. The van der Waals surface area contributed by atoms with E-state index in [0.29, 0.717) is 22.3 Å². The van der Waals surface area contributed by atoms with Gasteiger partial charge in [0.1, 0.15) is 5.58 Å². The number of nitrogens with one attached hydrogen (secondary N) is 1. The maximum Gasteiger partial charge on any atom is 0.336 e. The summed E-state index contributed by atoms with van der Waals surface area (Å²) in [6.45, 7) is 7.03. The third kappa shape index (κ3) is 4.54. The molecule has 0 unspecified atom stereocenters. The van der Waals surface area contributed by atoms with Gasteiger partial charge in [-0.1, -0.05) is 48.5 Å². The van der Waals surface area contributed by atoms with Crippen LogP contribution in [0.25, 0.3) is 11.0 Å². The second-order valence-electron chi connectivity index (χ2n) is 6.12. The molecule has 2 aromatic heterocycles. The van der Waals surface area contributed by atoms with E-state index in [2.05, 4.69) is 29.4 Å². The smallest absolute Gasteiger partial charge is 0.336 e. The molecule has 8 heteroatoms. The maximum absolute atomic E-state index is 11.8. The Labute approximate surface area is 158 Å². The summed E-state index contributed by atoms with van der Waals surface area (Å²) in [5.41, 5.74) is 1.96. The minimum absolute atomic E-state index is 0.360. The number of hydrogen-bond acceptors (Lipinski definition) is 7. The predicted octanol–water partition coefficient (Wildman–Crippen LogP) is 4.97. The Kier molecular flexibility index (Phi) is 5.66. The first kappa shape index (κ1) is 18.2. The molecular formula is C17H18ClN3O2S2. The molecule has 0 radical (unpaired) electrons. The molecule has 0 aliphatic carbocycles. The van der Waals surface area contributed by atoms with Crippen molar-refractivity contribution in [3.05, 3.63) is 44.8 Å². The molecule has 0 aliphatic rings. The summed E-state index contributed by atoms with van der Waals surface area (Å²) in [4.78, 5) is 11.8. The van der Waals surface area contributed by atoms with Gasteiger partial charge < -0.3 is 9.73 Å². The normalized spacial score (nSPS) is 11.4. The van der Waals surface area contributed by atoms with Gasteiger partial charge in [-0.25, -0.2) is 4.79 Å². The van der Waals surface area contributed by atoms with E-state index in [-0.39, 0.29) is 5.63 Å². The number of anilines is 1. The second kappa shape index (κ2) is 7.76. The molecule has 0 fully saturated rings. The summed E-state index contributed by atoms with van der Waals surface area (Å²) in [5, 5.41) is 13.9. The van der Waals surface area contributed by atoms with Crippen LogP contribution in [-0.2, 0) is 5.75 Å². The third-order valence-corrected chi connectivity index (χ3v) is 6.00. The monoisotopic (exact) mass is 395 g/mol. The summed E-state index contributed by atoms with van der Waals surface area (Å²) >= 11 is 9.28. The van der Waals surface area contributed by atoms with Crippen molar-refractivity contribution in [1.82, 2.24) is 10.2 Å². The average molecular weight is 396 g/mol. The molecule has 0 spiro atoms. The third-order valence-electron chi connectivity index (χ3n) is 3.53. The Bertz CT molecular complexity index is 953. The van der Waals surface area contributed by atoms with Gasteiger partial charge in [-0.05, 0) is 36.1 Å². The van der Waals surface area contributed by atoms with Crippen molar-refractivity contribution in [1.29, 1.82) is 0 Å². The average Bonchev–Trinajstić information content (AvgIpc) is 3.00. The van der Waals surface area contributed by atoms with E-state index in [0.717, 1.165) is 32.5 Å². The van der Waals surface area contributed by atoms with Crippen molar-refractivity contribution in [2.75, 3.05) is 11.9 Å². The largest absolute Gasteiger partial charge is 0.423 e. The summed E-state index contributed by atoms with van der Waals surface area (Å²) in [6.07, 6.45) is 0. The lowest BCUT2D eigenvalue weighted by atomic mass is 10.1. The number of thioether (sulfide) groups is 1. The van der Waals surface area contributed by atoms with Crippen LogP contribution >= 0.6 is 34.7 Å². The van der Waals surface area contributed by atoms with Gasteiger partial charge in [0.25, 0.3) is 0 Å². The number of hydrogen-bond donors (Lipinski definition) is 1. The highest BCUT2D eigenvalue weighted by molar-refractivity contribution is 8.00. The van der Waals surface area contributed by atoms with Crippen LogP contribution in [0.2, 0.25) is 5.02 Å². The molecule has 0 bridgehead atoms. The first-order valence-corrected chi connectivity index (χ1v) is 10.0. The Morgan fingerprint density at radius 2 is 2.12 bits per heavy atom. The topological polar surface area (TPSA) is 68.0 Å². The minimum Gasteiger partial charge on any atom is -0.423 e. The van der Waals surface area contributed by atoms with Crippen LogP contribution in [0.5, 0.6) is 0 Å². The van der Waals surface area contributed by atoms with Crippen LogP contribution in [0.3, 0.4) is 0 Å². The number of benzene rings is 1. The van der Waals surface area contributed by atoms with E-state index in [1.54, 1.807) is 17.8 Å². The van der Waals surface area contributed by atoms with E-state index < -0.39 is 0 Å². The van der Waals surface area contributed by atoms with E-state index in [4.69, 9.17) is 16.0 Å². The van der Waals surface area contributed by atoms with Crippen molar-refractivity contribution in [2.45, 2.75) is 30.9 Å². The Morgan fingerprint density at radius 3 is 2.88 bits per heavy atom. The molecule has 132 valence electrons. The van der Waals surface area contributed by atoms with Crippen LogP contribution in [-0.4, -0.2) is 16.7 Å². The highest BCUT2D eigenvalue weighted by atomic mass is 35.5. The zero-order valence-electron chi connectivity index (χ0n) is 14.1. The molecule has 2 heterocycles. The van der Waals surface area contributed by atoms with Crippen LogP contribution in [0.1, 0.15) is 25.0 Å². The first-order valence-electron chi connectivity index (χ1n) is 7.85. The lowest BCUT2D eigenvalue weighted by Gasteiger charge is -2.06. The molecule has 3 rings (SSSR count). The summed E-state index contributed by atoms with van der Waals surface area (Å²) in [6, 6.07) is 5.16. The molecule has 0 amide bonds. The van der Waals surface area contributed by atoms with Crippen molar-refractivity contribution >= 4 is 50.8 Å². The lowest BCUT2D eigenvalue weighted by Crippen LogP contribution is -2.07. The molecule has 0 aliphatic heterocycles. The van der Waals surface area contributed by atoms with E-state index in [1.807, 2.05) is 13.0 Å². The number of nitrogens with zero attached hydrogens (tertiary/aromatic N) is 2. The molecule has 0 saturated carbocycles. The van der Waals surface area contributed by atoms with Crippen LogP contribution in [0.15, 0.2) is 31.8 Å². The quantitative estimate of drug-likeness (QED) is 0.469. The maximum atomic E-state index is 11.8. The molecule has 1 N–H and O–H groups in total. The molecule has 1 aromatic carbocycles. The summed E-state index contributed by atoms with van der Waals surface area (Å²) in [5.74, 6) is 1.14. The van der Waals surface area contributed by atoms with Gasteiger partial charge in [0.05, 0.1) is 0 Å². The SMILES string of the molecule is Cc1cc2oc(=O)cc(CSc3nnc(NCC(C)C)s3)c2cc1Cl. The van der Waals surface area contributed by atoms with E-state index in [1.165, 1.54) is 17.4 Å². The fraction of sp³-hybridized carbons (Fsp3) is 0.353.